The Labute approximate surface area is 89.5 Å². The number of hydrogen-bond acceptors (Lipinski definition) is 3. The second-order valence-electron chi connectivity index (χ2n) is 3.81. The normalized spacial score (nSPS) is 16.5. The molecule has 1 aromatic rings. The molecule has 1 aliphatic carbocycles. The van der Waals surface area contributed by atoms with Crippen molar-refractivity contribution in [2.45, 2.75) is 24.6 Å². The summed E-state index contributed by atoms with van der Waals surface area (Å²) < 4.78 is 25.6. The molecule has 4 nitrogen and oxygen atoms in total. The summed E-state index contributed by atoms with van der Waals surface area (Å²) in [7, 11) is -3.08. The third-order valence-corrected chi connectivity index (χ3v) is 4.32. The van der Waals surface area contributed by atoms with E-state index < -0.39 is 10.0 Å². The molecule has 15 heavy (non-hydrogen) atoms. The van der Waals surface area contributed by atoms with Gasteiger partial charge >= 0.3 is 0 Å². The van der Waals surface area contributed by atoms with Gasteiger partial charge in [-0.25, -0.2) is 13.1 Å². The summed E-state index contributed by atoms with van der Waals surface area (Å²) in [5.74, 6) is 0. The number of nitrogen functional groups attached to an aromatic ring is 1. The van der Waals surface area contributed by atoms with Crippen LogP contribution >= 0.6 is 0 Å². The minimum atomic E-state index is -3.08. The van der Waals surface area contributed by atoms with Crippen LogP contribution in [-0.2, 0) is 16.6 Å². The molecule has 5 heteroatoms. The van der Waals surface area contributed by atoms with Crippen LogP contribution in [0.3, 0.4) is 0 Å². The molecule has 0 aliphatic heterocycles. The first-order valence-corrected chi connectivity index (χ1v) is 6.45. The fourth-order valence-corrected chi connectivity index (χ4v) is 2.68. The summed E-state index contributed by atoms with van der Waals surface area (Å²) in [5.41, 5.74) is 7.14. The summed E-state index contributed by atoms with van der Waals surface area (Å²) in [5, 5.41) is -0.161. The Kier molecular flexibility index (Phi) is 2.67. The number of rotatable bonds is 4. The van der Waals surface area contributed by atoms with Gasteiger partial charge in [0.1, 0.15) is 0 Å². The van der Waals surface area contributed by atoms with Crippen LogP contribution in [0.4, 0.5) is 5.69 Å². The smallest absolute Gasteiger partial charge is 0.214 e. The first-order valence-electron chi connectivity index (χ1n) is 4.91. The van der Waals surface area contributed by atoms with Crippen molar-refractivity contribution in [3.63, 3.8) is 0 Å². The zero-order chi connectivity index (χ0) is 10.9. The van der Waals surface area contributed by atoms with E-state index in [9.17, 15) is 8.42 Å². The number of benzene rings is 1. The van der Waals surface area contributed by atoms with Gasteiger partial charge in [-0.1, -0.05) is 12.1 Å². The Bertz CT molecular complexity index is 435. The predicted molar refractivity (Wildman–Crippen MR) is 59.6 cm³/mol. The van der Waals surface area contributed by atoms with E-state index in [-0.39, 0.29) is 5.25 Å². The largest absolute Gasteiger partial charge is 0.399 e. The Morgan fingerprint density at radius 2 is 1.87 bits per heavy atom. The number of anilines is 1. The highest BCUT2D eigenvalue weighted by Crippen LogP contribution is 2.27. The molecule has 0 heterocycles. The lowest BCUT2D eigenvalue weighted by Crippen LogP contribution is -2.26. The van der Waals surface area contributed by atoms with Gasteiger partial charge in [-0.3, -0.25) is 0 Å². The van der Waals surface area contributed by atoms with Gasteiger partial charge in [0.2, 0.25) is 10.0 Å². The maximum absolute atomic E-state index is 11.5. The molecule has 0 amide bonds. The maximum atomic E-state index is 11.5. The minimum Gasteiger partial charge on any atom is -0.399 e. The topological polar surface area (TPSA) is 72.2 Å². The summed E-state index contributed by atoms with van der Waals surface area (Å²) >= 11 is 0. The quantitative estimate of drug-likeness (QED) is 0.748. The molecule has 0 unspecified atom stereocenters. The second-order valence-corrected chi connectivity index (χ2v) is 5.85. The Morgan fingerprint density at radius 3 is 2.40 bits per heavy atom. The molecule has 0 atom stereocenters. The molecule has 1 fully saturated rings. The van der Waals surface area contributed by atoms with E-state index in [1.165, 1.54) is 0 Å². The van der Waals surface area contributed by atoms with E-state index in [0.29, 0.717) is 12.2 Å². The number of hydrogen-bond donors (Lipinski definition) is 2. The molecule has 0 radical (unpaired) electrons. The fourth-order valence-electron chi connectivity index (χ4n) is 1.32. The van der Waals surface area contributed by atoms with Gasteiger partial charge in [0.05, 0.1) is 5.25 Å². The summed E-state index contributed by atoms with van der Waals surface area (Å²) in [6, 6.07) is 7.18. The predicted octanol–water partition coefficient (Wildman–Crippen LogP) is 0.851. The van der Waals surface area contributed by atoms with E-state index in [4.69, 9.17) is 5.73 Å². The molecular formula is C10H14N2O2S. The summed E-state index contributed by atoms with van der Waals surface area (Å²) in [4.78, 5) is 0. The first-order chi connectivity index (χ1) is 7.08. The maximum Gasteiger partial charge on any atom is 0.214 e. The van der Waals surface area contributed by atoms with Crippen LogP contribution in [0, 0.1) is 0 Å². The van der Waals surface area contributed by atoms with Gasteiger partial charge in [0.25, 0.3) is 0 Å². The van der Waals surface area contributed by atoms with Gasteiger partial charge in [-0.2, -0.15) is 0 Å². The van der Waals surface area contributed by atoms with Crippen molar-refractivity contribution >= 4 is 15.7 Å². The van der Waals surface area contributed by atoms with Crippen molar-refractivity contribution < 1.29 is 8.42 Å². The van der Waals surface area contributed by atoms with Gasteiger partial charge in [-0.15, -0.1) is 0 Å². The molecule has 2 rings (SSSR count). The number of nitrogens with two attached hydrogens (primary N) is 1. The summed E-state index contributed by atoms with van der Waals surface area (Å²) in [6.45, 7) is 0.346. The third kappa shape index (κ3) is 2.70. The third-order valence-electron chi connectivity index (χ3n) is 2.42. The van der Waals surface area contributed by atoms with Crippen LogP contribution in [0.25, 0.3) is 0 Å². The Morgan fingerprint density at radius 1 is 1.27 bits per heavy atom. The van der Waals surface area contributed by atoms with Crippen molar-refractivity contribution in [1.29, 1.82) is 0 Å². The second kappa shape index (κ2) is 3.83. The van der Waals surface area contributed by atoms with Crippen LogP contribution in [0.5, 0.6) is 0 Å². The minimum absolute atomic E-state index is 0.161. The molecular weight excluding hydrogens is 212 g/mol. The SMILES string of the molecule is Nc1ccc(CNS(=O)(=O)C2CC2)cc1. The lowest BCUT2D eigenvalue weighted by Gasteiger charge is -2.05. The van der Waals surface area contributed by atoms with Crippen molar-refractivity contribution in [2.24, 2.45) is 0 Å². The lowest BCUT2D eigenvalue weighted by atomic mass is 10.2. The van der Waals surface area contributed by atoms with Gasteiger partial charge < -0.3 is 5.73 Å². The summed E-state index contributed by atoms with van der Waals surface area (Å²) in [6.07, 6.45) is 1.58. The number of nitrogens with one attached hydrogen (secondary N) is 1. The van der Waals surface area contributed by atoms with Gasteiger partial charge in [0, 0.05) is 12.2 Å². The highest BCUT2D eigenvalue weighted by atomic mass is 32.2. The first kappa shape index (κ1) is 10.4. The Hall–Kier alpha value is -1.07. The highest BCUT2D eigenvalue weighted by Gasteiger charge is 2.35. The molecule has 0 aromatic heterocycles. The molecule has 82 valence electrons. The van der Waals surface area contributed by atoms with Crippen LogP contribution in [0.15, 0.2) is 24.3 Å². The molecule has 1 aromatic carbocycles. The molecule has 1 saturated carbocycles. The zero-order valence-electron chi connectivity index (χ0n) is 8.31. The number of sulfonamides is 1. The van der Waals surface area contributed by atoms with Crippen molar-refractivity contribution in [3.8, 4) is 0 Å². The fraction of sp³-hybridized carbons (Fsp3) is 0.400. The zero-order valence-corrected chi connectivity index (χ0v) is 9.13. The average Bonchev–Trinajstić information content (AvgIpc) is 3.00. The molecule has 3 N–H and O–H groups in total. The van der Waals surface area contributed by atoms with Crippen LogP contribution in [-0.4, -0.2) is 13.7 Å². The highest BCUT2D eigenvalue weighted by molar-refractivity contribution is 7.90. The average molecular weight is 226 g/mol. The van der Waals surface area contributed by atoms with E-state index in [2.05, 4.69) is 4.72 Å². The lowest BCUT2D eigenvalue weighted by molar-refractivity contribution is 0.580. The van der Waals surface area contributed by atoms with Crippen molar-refractivity contribution in [3.05, 3.63) is 29.8 Å². The van der Waals surface area contributed by atoms with E-state index in [0.717, 1.165) is 18.4 Å². The van der Waals surface area contributed by atoms with Gasteiger partial charge in [-0.05, 0) is 30.5 Å². The Balaban J connectivity index is 1.95. The van der Waals surface area contributed by atoms with E-state index in [1.54, 1.807) is 12.1 Å². The van der Waals surface area contributed by atoms with E-state index >= 15 is 0 Å². The van der Waals surface area contributed by atoms with Crippen LogP contribution in [0.1, 0.15) is 18.4 Å². The van der Waals surface area contributed by atoms with Crippen molar-refractivity contribution in [1.82, 2.24) is 4.72 Å². The molecule has 1 aliphatic rings. The van der Waals surface area contributed by atoms with Gasteiger partial charge in [0.15, 0.2) is 0 Å². The van der Waals surface area contributed by atoms with Crippen LogP contribution in [0.2, 0.25) is 0 Å². The molecule has 0 saturated heterocycles. The molecule has 0 bridgehead atoms. The standard InChI is InChI=1S/C10H14N2O2S/c11-9-3-1-8(2-4-9)7-12-15(13,14)10-5-6-10/h1-4,10,12H,5-7,11H2. The van der Waals surface area contributed by atoms with Crippen LogP contribution < -0.4 is 10.5 Å². The van der Waals surface area contributed by atoms with E-state index in [1.807, 2.05) is 12.1 Å². The van der Waals surface area contributed by atoms with Crippen molar-refractivity contribution in [2.75, 3.05) is 5.73 Å². The monoisotopic (exact) mass is 226 g/mol. The molecule has 0 spiro atoms.